The summed E-state index contributed by atoms with van der Waals surface area (Å²) in [5.74, 6) is 0.436. The Morgan fingerprint density at radius 1 is 1.45 bits per heavy atom. The van der Waals surface area contributed by atoms with Gasteiger partial charge >= 0.3 is 0 Å². The molecule has 1 aliphatic heterocycles. The summed E-state index contributed by atoms with van der Waals surface area (Å²) in [6.45, 7) is 0.826. The minimum absolute atomic E-state index is 0.110. The van der Waals surface area contributed by atoms with E-state index < -0.39 is 0 Å². The van der Waals surface area contributed by atoms with E-state index in [4.69, 9.17) is 4.52 Å². The van der Waals surface area contributed by atoms with E-state index in [-0.39, 0.29) is 11.9 Å². The number of nitrogens with zero attached hydrogens (tertiary/aromatic N) is 3. The van der Waals surface area contributed by atoms with Gasteiger partial charge in [0, 0.05) is 37.0 Å². The van der Waals surface area contributed by atoms with Crippen LogP contribution >= 0.6 is 11.3 Å². The molecule has 0 radical (unpaired) electrons. The van der Waals surface area contributed by atoms with E-state index in [1.807, 2.05) is 28.3 Å². The zero-order valence-corrected chi connectivity index (χ0v) is 12.5. The van der Waals surface area contributed by atoms with Crippen molar-refractivity contribution in [2.45, 2.75) is 25.4 Å². The lowest BCUT2D eigenvalue weighted by molar-refractivity contribution is 0.0921. The average Bonchev–Trinajstić information content (AvgIpc) is 3.26. The molecule has 6 nitrogen and oxygen atoms in total. The van der Waals surface area contributed by atoms with E-state index >= 15 is 0 Å². The summed E-state index contributed by atoms with van der Waals surface area (Å²) in [6.07, 6.45) is 3.46. The van der Waals surface area contributed by atoms with Gasteiger partial charge in [0.05, 0.1) is 4.88 Å². The number of carbonyl (C=O) groups excluding carboxylic acids is 1. The van der Waals surface area contributed by atoms with E-state index in [1.165, 1.54) is 0 Å². The van der Waals surface area contributed by atoms with Gasteiger partial charge in [-0.3, -0.25) is 9.48 Å². The standard InChI is InChI=1S/C15H14N4O2S/c20-15(12-9-13(21-18-12)14-2-1-7-22-14)17-10-4-6-19-11(8-10)3-5-16-19/h1-3,5,7,9-10H,4,6,8H2,(H,17,20)/t10-/m1/s1. The largest absolute Gasteiger partial charge is 0.355 e. The van der Waals surface area contributed by atoms with Gasteiger partial charge in [-0.2, -0.15) is 5.10 Å². The predicted octanol–water partition coefficient (Wildman–Crippen LogP) is 2.34. The van der Waals surface area contributed by atoms with Crippen LogP contribution in [0.1, 0.15) is 22.6 Å². The fraction of sp³-hybridized carbons (Fsp3) is 0.267. The maximum absolute atomic E-state index is 12.3. The highest BCUT2D eigenvalue weighted by Crippen LogP contribution is 2.25. The van der Waals surface area contributed by atoms with Crippen LogP contribution in [0.2, 0.25) is 0 Å². The van der Waals surface area contributed by atoms with Gasteiger partial charge in [0.25, 0.3) is 5.91 Å². The third-order valence-corrected chi connectivity index (χ3v) is 4.68. The number of rotatable bonds is 3. The van der Waals surface area contributed by atoms with E-state index in [0.29, 0.717) is 11.5 Å². The molecule has 112 valence electrons. The molecule has 7 heteroatoms. The molecule has 1 amide bonds. The van der Waals surface area contributed by atoms with E-state index in [9.17, 15) is 4.79 Å². The summed E-state index contributed by atoms with van der Waals surface area (Å²) in [6, 6.07) is 7.67. The normalized spacial score (nSPS) is 17.2. The van der Waals surface area contributed by atoms with Crippen LogP contribution in [0.3, 0.4) is 0 Å². The molecule has 0 aliphatic carbocycles. The SMILES string of the molecule is O=C(N[C@@H]1CCn2nccc2C1)c1cc(-c2cccs2)on1. The predicted molar refractivity (Wildman–Crippen MR) is 81.6 cm³/mol. The Labute approximate surface area is 130 Å². The molecule has 0 spiro atoms. The average molecular weight is 314 g/mol. The van der Waals surface area contributed by atoms with Crippen molar-refractivity contribution in [1.29, 1.82) is 0 Å². The Bertz CT molecular complexity index is 790. The number of amides is 1. The van der Waals surface area contributed by atoms with Crippen LogP contribution in [-0.4, -0.2) is 26.9 Å². The Kier molecular flexibility index (Phi) is 3.27. The van der Waals surface area contributed by atoms with Crippen LogP contribution in [0.5, 0.6) is 0 Å². The van der Waals surface area contributed by atoms with E-state index in [0.717, 1.165) is 30.0 Å². The number of hydrogen-bond donors (Lipinski definition) is 1. The molecular formula is C15H14N4O2S. The molecule has 22 heavy (non-hydrogen) atoms. The van der Waals surface area contributed by atoms with Crippen molar-refractivity contribution in [2.24, 2.45) is 0 Å². The van der Waals surface area contributed by atoms with E-state index in [1.54, 1.807) is 23.6 Å². The Morgan fingerprint density at radius 3 is 3.27 bits per heavy atom. The molecule has 0 aromatic carbocycles. The number of thiophene rings is 1. The van der Waals surface area contributed by atoms with Crippen LogP contribution in [0.4, 0.5) is 0 Å². The van der Waals surface area contributed by atoms with Crippen LogP contribution in [0.15, 0.2) is 40.4 Å². The monoisotopic (exact) mass is 314 g/mol. The maximum atomic E-state index is 12.3. The number of aryl methyl sites for hydroxylation is 1. The minimum Gasteiger partial charge on any atom is -0.355 e. The highest BCUT2D eigenvalue weighted by Gasteiger charge is 2.22. The van der Waals surface area contributed by atoms with Crippen LogP contribution in [-0.2, 0) is 13.0 Å². The number of hydrogen-bond acceptors (Lipinski definition) is 5. The number of fused-ring (bicyclic) bond motifs is 1. The highest BCUT2D eigenvalue weighted by atomic mass is 32.1. The smallest absolute Gasteiger partial charge is 0.273 e. The molecule has 0 saturated heterocycles. The molecule has 1 atom stereocenters. The van der Waals surface area contributed by atoms with Gasteiger partial charge < -0.3 is 9.84 Å². The first kappa shape index (κ1) is 13.3. The molecule has 4 heterocycles. The van der Waals surface area contributed by atoms with Crippen LogP contribution in [0.25, 0.3) is 10.6 Å². The summed E-state index contributed by atoms with van der Waals surface area (Å²) in [5, 5.41) is 13.1. The summed E-state index contributed by atoms with van der Waals surface area (Å²) in [5.41, 5.74) is 1.47. The van der Waals surface area contributed by atoms with Gasteiger partial charge in [-0.1, -0.05) is 11.2 Å². The number of carbonyl (C=O) groups is 1. The first-order valence-electron chi connectivity index (χ1n) is 7.12. The molecule has 3 aromatic heterocycles. The Morgan fingerprint density at radius 2 is 2.41 bits per heavy atom. The summed E-state index contributed by atoms with van der Waals surface area (Å²) < 4.78 is 7.23. The summed E-state index contributed by atoms with van der Waals surface area (Å²) >= 11 is 1.55. The quantitative estimate of drug-likeness (QED) is 0.805. The molecule has 0 bridgehead atoms. The topological polar surface area (TPSA) is 73.0 Å². The van der Waals surface area contributed by atoms with Crippen molar-refractivity contribution in [3.05, 3.63) is 47.2 Å². The van der Waals surface area contributed by atoms with Gasteiger partial charge in [0.2, 0.25) is 0 Å². The van der Waals surface area contributed by atoms with Crippen molar-refractivity contribution in [1.82, 2.24) is 20.3 Å². The van der Waals surface area contributed by atoms with E-state index in [2.05, 4.69) is 15.6 Å². The first-order valence-corrected chi connectivity index (χ1v) is 8.00. The molecule has 1 aliphatic rings. The van der Waals surface area contributed by atoms with Gasteiger partial charge in [-0.25, -0.2) is 0 Å². The zero-order valence-electron chi connectivity index (χ0n) is 11.7. The second-order valence-corrected chi connectivity index (χ2v) is 6.21. The maximum Gasteiger partial charge on any atom is 0.273 e. The lowest BCUT2D eigenvalue weighted by atomic mass is 10.0. The molecule has 0 saturated carbocycles. The first-order chi connectivity index (χ1) is 10.8. The van der Waals surface area contributed by atoms with Crippen LogP contribution in [0, 0.1) is 0 Å². The van der Waals surface area contributed by atoms with Gasteiger partial charge in [0.15, 0.2) is 11.5 Å². The highest BCUT2D eigenvalue weighted by molar-refractivity contribution is 7.13. The fourth-order valence-electron chi connectivity index (χ4n) is 2.67. The number of nitrogens with one attached hydrogen (secondary N) is 1. The van der Waals surface area contributed by atoms with Crippen molar-refractivity contribution in [3.63, 3.8) is 0 Å². The third-order valence-electron chi connectivity index (χ3n) is 3.79. The van der Waals surface area contributed by atoms with Crippen molar-refractivity contribution >= 4 is 17.2 Å². The molecule has 0 fully saturated rings. The van der Waals surface area contributed by atoms with Crippen molar-refractivity contribution < 1.29 is 9.32 Å². The lowest BCUT2D eigenvalue weighted by Gasteiger charge is -2.23. The summed E-state index contributed by atoms with van der Waals surface area (Å²) in [7, 11) is 0. The number of aromatic nitrogens is 3. The fourth-order valence-corrected chi connectivity index (χ4v) is 3.34. The van der Waals surface area contributed by atoms with Crippen LogP contribution < -0.4 is 5.32 Å². The molecule has 4 rings (SSSR count). The van der Waals surface area contributed by atoms with Crippen molar-refractivity contribution in [3.8, 4) is 10.6 Å². The Hall–Kier alpha value is -2.41. The molecule has 1 N–H and O–H groups in total. The van der Waals surface area contributed by atoms with Crippen molar-refractivity contribution in [2.75, 3.05) is 0 Å². The van der Waals surface area contributed by atoms with Gasteiger partial charge in [0.1, 0.15) is 0 Å². The van der Waals surface area contributed by atoms with Gasteiger partial charge in [-0.15, -0.1) is 11.3 Å². The second kappa shape index (κ2) is 5.42. The molecule has 3 aromatic rings. The minimum atomic E-state index is -0.190. The zero-order chi connectivity index (χ0) is 14.9. The third kappa shape index (κ3) is 2.43. The molecular weight excluding hydrogens is 300 g/mol. The Balaban J connectivity index is 1.45. The molecule has 0 unspecified atom stereocenters. The lowest BCUT2D eigenvalue weighted by Crippen LogP contribution is -2.40. The summed E-state index contributed by atoms with van der Waals surface area (Å²) in [4.78, 5) is 13.3. The second-order valence-electron chi connectivity index (χ2n) is 5.26. The van der Waals surface area contributed by atoms with Gasteiger partial charge in [-0.05, 0) is 23.9 Å².